The Morgan fingerprint density at radius 1 is 1.28 bits per heavy atom. The summed E-state index contributed by atoms with van der Waals surface area (Å²) in [6, 6.07) is 9.25. The summed E-state index contributed by atoms with van der Waals surface area (Å²) in [6.07, 6.45) is 0. The van der Waals surface area contributed by atoms with Crippen LogP contribution in [0.4, 0.5) is 5.82 Å². The standard InChI is InChI=1S/C13H14ClN3O/c1-9-7-12(15-5-6-18)17-13(16-9)10-3-2-4-11(14)8-10/h2-4,7-8,18H,5-6H2,1H3,(H,15,16,17). The number of anilines is 1. The molecule has 0 aliphatic rings. The Labute approximate surface area is 111 Å². The van der Waals surface area contributed by atoms with Crippen molar-refractivity contribution in [1.29, 1.82) is 0 Å². The summed E-state index contributed by atoms with van der Waals surface area (Å²) < 4.78 is 0. The van der Waals surface area contributed by atoms with E-state index in [-0.39, 0.29) is 6.61 Å². The molecule has 1 aromatic heterocycles. The van der Waals surface area contributed by atoms with E-state index in [9.17, 15) is 0 Å². The lowest BCUT2D eigenvalue weighted by atomic mass is 10.2. The lowest BCUT2D eigenvalue weighted by Gasteiger charge is -2.07. The molecule has 4 nitrogen and oxygen atoms in total. The van der Waals surface area contributed by atoms with Gasteiger partial charge in [-0.15, -0.1) is 0 Å². The highest BCUT2D eigenvalue weighted by Crippen LogP contribution is 2.21. The predicted molar refractivity (Wildman–Crippen MR) is 72.8 cm³/mol. The molecule has 1 heterocycles. The van der Waals surface area contributed by atoms with E-state index in [4.69, 9.17) is 16.7 Å². The summed E-state index contributed by atoms with van der Waals surface area (Å²) in [7, 11) is 0. The summed E-state index contributed by atoms with van der Waals surface area (Å²) in [6.45, 7) is 2.43. The summed E-state index contributed by atoms with van der Waals surface area (Å²) in [5.41, 5.74) is 1.73. The quantitative estimate of drug-likeness (QED) is 0.890. The average molecular weight is 264 g/mol. The largest absolute Gasteiger partial charge is 0.395 e. The van der Waals surface area contributed by atoms with E-state index < -0.39 is 0 Å². The molecule has 2 aromatic rings. The van der Waals surface area contributed by atoms with Gasteiger partial charge in [0.2, 0.25) is 0 Å². The van der Waals surface area contributed by atoms with Crippen molar-refractivity contribution in [2.24, 2.45) is 0 Å². The summed E-state index contributed by atoms with van der Waals surface area (Å²) in [4.78, 5) is 8.77. The Morgan fingerprint density at radius 3 is 2.83 bits per heavy atom. The number of aromatic nitrogens is 2. The minimum absolute atomic E-state index is 0.0650. The first-order valence-corrected chi connectivity index (χ1v) is 6.03. The van der Waals surface area contributed by atoms with Gasteiger partial charge in [0.1, 0.15) is 5.82 Å². The third kappa shape index (κ3) is 3.18. The van der Waals surface area contributed by atoms with Crippen molar-refractivity contribution in [1.82, 2.24) is 9.97 Å². The number of hydrogen-bond donors (Lipinski definition) is 2. The fourth-order valence-electron chi connectivity index (χ4n) is 1.60. The number of hydrogen-bond acceptors (Lipinski definition) is 4. The number of rotatable bonds is 4. The molecule has 2 rings (SSSR count). The van der Waals surface area contributed by atoms with Crippen molar-refractivity contribution >= 4 is 17.4 Å². The van der Waals surface area contributed by atoms with Crippen LogP contribution in [0.1, 0.15) is 5.69 Å². The van der Waals surface area contributed by atoms with Crippen LogP contribution in [0.5, 0.6) is 0 Å². The fraction of sp³-hybridized carbons (Fsp3) is 0.231. The SMILES string of the molecule is Cc1cc(NCCO)nc(-c2cccc(Cl)c2)n1. The first-order valence-electron chi connectivity index (χ1n) is 5.65. The van der Waals surface area contributed by atoms with Crippen molar-refractivity contribution < 1.29 is 5.11 Å². The third-order valence-electron chi connectivity index (χ3n) is 2.35. The topological polar surface area (TPSA) is 58.0 Å². The molecule has 0 aliphatic carbocycles. The maximum Gasteiger partial charge on any atom is 0.161 e. The van der Waals surface area contributed by atoms with E-state index in [0.29, 0.717) is 23.2 Å². The lowest BCUT2D eigenvalue weighted by molar-refractivity contribution is 0.311. The van der Waals surface area contributed by atoms with Gasteiger partial charge < -0.3 is 10.4 Å². The Morgan fingerprint density at radius 2 is 2.11 bits per heavy atom. The lowest BCUT2D eigenvalue weighted by Crippen LogP contribution is -2.08. The van der Waals surface area contributed by atoms with E-state index in [0.717, 1.165) is 11.3 Å². The molecule has 5 heteroatoms. The number of aliphatic hydroxyl groups is 1. The third-order valence-corrected chi connectivity index (χ3v) is 2.59. The molecule has 18 heavy (non-hydrogen) atoms. The maximum atomic E-state index is 8.80. The van der Waals surface area contributed by atoms with E-state index in [2.05, 4.69) is 15.3 Å². The van der Waals surface area contributed by atoms with Crippen LogP contribution in [0, 0.1) is 6.92 Å². The average Bonchev–Trinajstić information content (AvgIpc) is 2.36. The van der Waals surface area contributed by atoms with Gasteiger partial charge in [-0.25, -0.2) is 9.97 Å². The highest BCUT2D eigenvalue weighted by molar-refractivity contribution is 6.30. The first-order chi connectivity index (χ1) is 8.69. The second-order valence-corrected chi connectivity index (χ2v) is 4.32. The zero-order valence-corrected chi connectivity index (χ0v) is 10.8. The van der Waals surface area contributed by atoms with Gasteiger partial charge in [-0.1, -0.05) is 23.7 Å². The summed E-state index contributed by atoms with van der Waals surface area (Å²) in [5, 5.41) is 12.5. The van der Waals surface area contributed by atoms with Gasteiger partial charge >= 0.3 is 0 Å². The van der Waals surface area contributed by atoms with Crippen molar-refractivity contribution in [3.8, 4) is 11.4 Å². The molecule has 0 fully saturated rings. The van der Waals surface area contributed by atoms with Crippen LogP contribution in [0.25, 0.3) is 11.4 Å². The maximum absolute atomic E-state index is 8.80. The number of halogens is 1. The molecular formula is C13H14ClN3O. The Hall–Kier alpha value is -1.65. The number of benzene rings is 1. The summed E-state index contributed by atoms with van der Waals surface area (Å²) >= 11 is 5.95. The fourth-order valence-corrected chi connectivity index (χ4v) is 1.79. The molecular weight excluding hydrogens is 250 g/mol. The van der Waals surface area contributed by atoms with Crippen LogP contribution in [-0.4, -0.2) is 28.2 Å². The van der Waals surface area contributed by atoms with Crippen molar-refractivity contribution in [3.05, 3.63) is 41.0 Å². The first kappa shape index (κ1) is 12.8. The van der Waals surface area contributed by atoms with E-state index in [1.807, 2.05) is 37.3 Å². The van der Waals surface area contributed by atoms with Crippen molar-refractivity contribution in [2.45, 2.75) is 6.92 Å². The van der Waals surface area contributed by atoms with Crippen LogP contribution in [-0.2, 0) is 0 Å². The molecule has 1 aromatic carbocycles. The predicted octanol–water partition coefficient (Wildman–Crippen LogP) is 2.51. The van der Waals surface area contributed by atoms with Gasteiger partial charge in [-0.3, -0.25) is 0 Å². The van der Waals surface area contributed by atoms with Gasteiger partial charge in [0.25, 0.3) is 0 Å². The molecule has 0 spiro atoms. The zero-order chi connectivity index (χ0) is 13.0. The van der Waals surface area contributed by atoms with Crippen LogP contribution >= 0.6 is 11.6 Å². The smallest absolute Gasteiger partial charge is 0.161 e. The molecule has 0 atom stereocenters. The molecule has 2 N–H and O–H groups in total. The molecule has 0 aliphatic heterocycles. The monoisotopic (exact) mass is 263 g/mol. The number of aliphatic hydroxyl groups excluding tert-OH is 1. The van der Waals surface area contributed by atoms with Gasteiger partial charge in [0.05, 0.1) is 6.61 Å². The molecule has 0 unspecified atom stereocenters. The molecule has 0 saturated carbocycles. The van der Waals surface area contributed by atoms with E-state index in [1.54, 1.807) is 0 Å². The number of nitrogens with zero attached hydrogens (tertiary/aromatic N) is 2. The van der Waals surface area contributed by atoms with Gasteiger partial charge in [0, 0.05) is 28.9 Å². The zero-order valence-electron chi connectivity index (χ0n) is 10.0. The van der Waals surface area contributed by atoms with Crippen molar-refractivity contribution in [3.63, 3.8) is 0 Å². The highest BCUT2D eigenvalue weighted by Gasteiger charge is 2.05. The highest BCUT2D eigenvalue weighted by atomic mass is 35.5. The molecule has 0 radical (unpaired) electrons. The molecule has 0 bridgehead atoms. The van der Waals surface area contributed by atoms with Gasteiger partial charge in [-0.05, 0) is 19.1 Å². The Bertz CT molecular complexity index is 546. The van der Waals surface area contributed by atoms with Crippen LogP contribution in [0.3, 0.4) is 0 Å². The minimum atomic E-state index is 0.0650. The normalized spacial score (nSPS) is 10.4. The second-order valence-electron chi connectivity index (χ2n) is 3.88. The van der Waals surface area contributed by atoms with Crippen LogP contribution in [0.15, 0.2) is 30.3 Å². The molecule has 94 valence electrons. The minimum Gasteiger partial charge on any atom is -0.395 e. The molecule has 0 saturated heterocycles. The Kier molecular flexibility index (Phi) is 4.12. The summed E-state index contributed by atoms with van der Waals surface area (Å²) in [5.74, 6) is 1.32. The van der Waals surface area contributed by atoms with E-state index >= 15 is 0 Å². The number of aryl methyl sites for hydroxylation is 1. The molecule has 0 amide bonds. The Balaban J connectivity index is 2.35. The number of nitrogens with one attached hydrogen (secondary N) is 1. The van der Waals surface area contributed by atoms with E-state index in [1.165, 1.54) is 0 Å². The van der Waals surface area contributed by atoms with Gasteiger partial charge in [0.15, 0.2) is 5.82 Å². The second kappa shape index (κ2) is 5.80. The van der Waals surface area contributed by atoms with Crippen molar-refractivity contribution in [2.75, 3.05) is 18.5 Å². The van der Waals surface area contributed by atoms with Crippen LogP contribution in [0.2, 0.25) is 5.02 Å². The van der Waals surface area contributed by atoms with Gasteiger partial charge in [-0.2, -0.15) is 0 Å². The van der Waals surface area contributed by atoms with Crippen LogP contribution < -0.4 is 5.32 Å².